The zero-order valence-electron chi connectivity index (χ0n) is 27.9. The van der Waals surface area contributed by atoms with E-state index in [0.29, 0.717) is 25.7 Å². The Morgan fingerprint density at radius 1 is 0.409 bits per heavy atom. The molecule has 0 radical (unpaired) electrons. The van der Waals surface area contributed by atoms with Crippen LogP contribution in [0.4, 0.5) is 0 Å². The number of rotatable bonds is 28. The fraction of sp³-hybridized carbons (Fsp3) is 0.722. The Labute approximate surface area is 268 Å². The van der Waals surface area contributed by atoms with Gasteiger partial charge in [-0.05, 0) is 51.4 Å². The van der Waals surface area contributed by atoms with E-state index in [-0.39, 0.29) is 6.42 Å². The van der Waals surface area contributed by atoms with Crippen molar-refractivity contribution in [2.45, 2.75) is 168 Å². The van der Waals surface area contributed by atoms with Crippen molar-refractivity contribution < 1.29 is 39.0 Å². The summed E-state index contributed by atoms with van der Waals surface area (Å²) in [6, 6.07) is 0. The first-order chi connectivity index (χ1) is 21.4. The second kappa shape index (κ2) is 49.8. The number of carbonyl (C=O) groups excluding carboxylic acids is 4. The Balaban J connectivity index is -0.000000251. The molecule has 2 N–H and O–H groups in total. The molecule has 0 atom stereocenters. The summed E-state index contributed by atoms with van der Waals surface area (Å²) in [6.07, 6.45) is 34.0. The first kappa shape index (κ1) is 48.0. The lowest BCUT2D eigenvalue weighted by Crippen LogP contribution is -1.93. The van der Waals surface area contributed by atoms with Crippen LogP contribution in [0.1, 0.15) is 168 Å². The predicted octanol–water partition coefficient (Wildman–Crippen LogP) is 9.43. The van der Waals surface area contributed by atoms with Gasteiger partial charge in [-0.1, -0.05) is 102 Å². The Morgan fingerprint density at radius 3 is 1.07 bits per heavy atom. The van der Waals surface area contributed by atoms with E-state index in [2.05, 4.69) is 19.9 Å². The number of hydrogen-bond donors (Lipinski definition) is 2. The molecule has 0 heterocycles. The maximum Gasteiger partial charge on any atom is 0.303 e. The van der Waals surface area contributed by atoms with E-state index in [1.165, 1.54) is 32.1 Å². The zero-order valence-corrected chi connectivity index (χ0v) is 27.9. The third-order valence-corrected chi connectivity index (χ3v) is 6.17. The van der Waals surface area contributed by atoms with Crippen molar-refractivity contribution in [1.82, 2.24) is 0 Å². The standard InChI is InChI=1S/C12H20O3.C9H16O3.C9H16O.C6H12O/c13-11-9-7-5-3-1-2-4-6-8-10-12(14)15;10-8-6-4-2-1-3-5-7-9(11)12;1-2-3-4-5-6-7-8-9-10;1-2-3-4-5-6-7/h5,7,11H,1-4,6,8-10H2,(H,14,15);8H,1-7H2,(H,11,12);6-7,9H,2-5,8H2,1H3;6H,2-5H2,1H3/b7-5-;;7-6-;. The van der Waals surface area contributed by atoms with E-state index in [4.69, 9.17) is 10.2 Å². The Bertz CT molecular complexity index is 686. The number of unbranched alkanes of at least 4 members (excludes halogenated alkanes) is 16. The molecule has 0 spiro atoms. The quantitative estimate of drug-likeness (QED) is 0.0498. The lowest BCUT2D eigenvalue weighted by Gasteiger charge is -1.97. The monoisotopic (exact) mass is 624 g/mol. The van der Waals surface area contributed by atoms with E-state index in [1.807, 2.05) is 18.2 Å². The minimum atomic E-state index is -0.720. The summed E-state index contributed by atoms with van der Waals surface area (Å²) >= 11 is 0. The first-order valence-corrected chi connectivity index (χ1v) is 16.9. The topological polar surface area (TPSA) is 143 Å². The molecule has 0 saturated heterocycles. The fourth-order valence-electron chi connectivity index (χ4n) is 3.63. The summed E-state index contributed by atoms with van der Waals surface area (Å²) in [6.45, 7) is 4.32. The van der Waals surface area contributed by atoms with Gasteiger partial charge in [0.05, 0.1) is 0 Å². The SMILES string of the molecule is CCCCC/C=C\CC=O.CCCCCC=O.O=CC/C=C\CCCCCCCC(=O)O.O=CCCCCCCCC(=O)O. The van der Waals surface area contributed by atoms with Crippen LogP contribution >= 0.6 is 0 Å². The van der Waals surface area contributed by atoms with Gasteiger partial charge in [-0.2, -0.15) is 0 Å². The second-order valence-corrected chi connectivity index (χ2v) is 10.5. The molecule has 0 aliphatic carbocycles. The molecule has 0 aliphatic rings. The van der Waals surface area contributed by atoms with Crippen LogP contribution in [0.15, 0.2) is 24.3 Å². The van der Waals surface area contributed by atoms with Crippen LogP contribution in [0.25, 0.3) is 0 Å². The van der Waals surface area contributed by atoms with E-state index in [1.54, 1.807) is 0 Å². The van der Waals surface area contributed by atoms with Crippen LogP contribution in [0, 0.1) is 0 Å². The van der Waals surface area contributed by atoms with Crippen molar-refractivity contribution in [3.8, 4) is 0 Å². The molecule has 0 aromatic rings. The van der Waals surface area contributed by atoms with Gasteiger partial charge in [0, 0.05) is 38.5 Å². The van der Waals surface area contributed by atoms with Crippen LogP contribution in [0.3, 0.4) is 0 Å². The molecule has 0 aliphatic heterocycles. The van der Waals surface area contributed by atoms with Gasteiger partial charge >= 0.3 is 11.9 Å². The van der Waals surface area contributed by atoms with Gasteiger partial charge in [-0.15, -0.1) is 0 Å². The summed E-state index contributed by atoms with van der Waals surface area (Å²) in [5, 5.41) is 16.7. The average molecular weight is 625 g/mol. The summed E-state index contributed by atoms with van der Waals surface area (Å²) in [5.41, 5.74) is 0. The van der Waals surface area contributed by atoms with Crippen LogP contribution in [-0.4, -0.2) is 47.3 Å². The summed E-state index contributed by atoms with van der Waals surface area (Å²) in [4.78, 5) is 59.7. The number of aldehydes is 4. The molecule has 8 nitrogen and oxygen atoms in total. The normalized spacial score (nSPS) is 10.0. The smallest absolute Gasteiger partial charge is 0.303 e. The van der Waals surface area contributed by atoms with Crippen LogP contribution in [-0.2, 0) is 28.8 Å². The van der Waals surface area contributed by atoms with Gasteiger partial charge in [0.1, 0.15) is 25.1 Å². The number of allylic oxidation sites excluding steroid dienone is 4. The van der Waals surface area contributed by atoms with Crippen LogP contribution in [0.5, 0.6) is 0 Å². The number of carboxylic acid groups (broad SMARTS) is 2. The highest BCUT2D eigenvalue weighted by Gasteiger charge is 1.96. The summed E-state index contributed by atoms with van der Waals surface area (Å²) in [7, 11) is 0. The van der Waals surface area contributed by atoms with Crippen LogP contribution in [0.2, 0.25) is 0 Å². The molecule has 0 aromatic carbocycles. The van der Waals surface area contributed by atoms with Gasteiger partial charge in [0.25, 0.3) is 0 Å². The molecule has 0 amide bonds. The third-order valence-electron chi connectivity index (χ3n) is 6.17. The van der Waals surface area contributed by atoms with E-state index >= 15 is 0 Å². The number of hydrogen-bond acceptors (Lipinski definition) is 6. The number of aliphatic carboxylic acids is 2. The van der Waals surface area contributed by atoms with E-state index in [9.17, 15) is 28.8 Å². The summed E-state index contributed by atoms with van der Waals surface area (Å²) in [5.74, 6) is -1.42. The molecule has 0 saturated carbocycles. The molecule has 0 aromatic heterocycles. The molecule has 0 unspecified atom stereocenters. The third kappa shape index (κ3) is 67.0. The van der Waals surface area contributed by atoms with Crippen molar-refractivity contribution >= 4 is 37.1 Å². The average Bonchev–Trinajstić information content (AvgIpc) is 3.00. The summed E-state index contributed by atoms with van der Waals surface area (Å²) < 4.78 is 0. The van der Waals surface area contributed by atoms with Gasteiger partial charge < -0.3 is 29.4 Å². The molecular weight excluding hydrogens is 560 g/mol. The van der Waals surface area contributed by atoms with Crippen molar-refractivity contribution in [2.75, 3.05) is 0 Å². The highest BCUT2D eigenvalue weighted by atomic mass is 16.4. The van der Waals surface area contributed by atoms with Crippen molar-refractivity contribution in [2.24, 2.45) is 0 Å². The molecule has 8 heteroatoms. The van der Waals surface area contributed by atoms with Gasteiger partial charge in [-0.3, -0.25) is 9.59 Å². The highest BCUT2D eigenvalue weighted by molar-refractivity contribution is 5.66. The van der Waals surface area contributed by atoms with Gasteiger partial charge in [-0.25, -0.2) is 0 Å². The Hall–Kier alpha value is -2.90. The van der Waals surface area contributed by atoms with Crippen molar-refractivity contribution in [1.29, 1.82) is 0 Å². The minimum absolute atomic E-state index is 0.272. The second-order valence-electron chi connectivity index (χ2n) is 10.5. The maximum absolute atomic E-state index is 10.2. The Morgan fingerprint density at radius 2 is 0.727 bits per heavy atom. The van der Waals surface area contributed by atoms with Crippen molar-refractivity contribution in [3.63, 3.8) is 0 Å². The predicted molar refractivity (Wildman–Crippen MR) is 180 cm³/mol. The van der Waals surface area contributed by atoms with E-state index < -0.39 is 11.9 Å². The maximum atomic E-state index is 10.2. The molecule has 0 rings (SSSR count). The zero-order chi connectivity index (χ0) is 33.8. The minimum Gasteiger partial charge on any atom is -0.481 e. The number of carboxylic acids is 2. The lowest BCUT2D eigenvalue weighted by atomic mass is 10.1. The fourth-order valence-corrected chi connectivity index (χ4v) is 3.63. The molecular formula is C36H64O8. The highest BCUT2D eigenvalue weighted by Crippen LogP contribution is 2.08. The molecule has 44 heavy (non-hydrogen) atoms. The van der Waals surface area contributed by atoms with E-state index in [0.717, 1.165) is 115 Å². The van der Waals surface area contributed by atoms with Crippen LogP contribution < -0.4 is 0 Å². The van der Waals surface area contributed by atoms with Gasteiger partial charge in [0.2, 0.25) is 0 Å². The number of carbonyl (C=O) groups is 6. The molecule has 0 bridgehead atoms. The lowest BCUT2D eigenvalue weighted by molar-refractivity contribution is -0.138. The molecule has 256 valence electrons. The first-order valence-electron chi connectivity index (χ1n) is 16.9. The van der Waals surface area contributed by atoms with Crippen molar-refractivity contribution in [3.05, 3.63) is 24.3 Å². The largest absolute Gasteiger partial charge is 0.481 e. The molecule has 0 fully saturated rings. The Kier molecular flexibility index (Phi) is 54.3. The van der Waals surface area contributed by atoms with Gasteiger partial charge in [0.15, 0.2) is 0 Å².